The van der Waals surface area contributed by atoms with Gasteiger partial charge in [-0.15, -0.1) is 0 Å². The number of nitrogens with two attached hydrogens (primary N) is 1. The molecule has 0 aromatic heterocycles. The highest BCUT2D eigenvalue weighted by atomic mass is 16.1. The summed E-state index contributed by atoms with van der Waals surface area (Å²) in [7, 11) is 0. The van der Waals surface area contributed by atoms with E-state index in [4.69, 9.17) is 5.73 Å². The number of rotatable bonds is 3. The molecule has 112 valence electrons. The van der Waals surface area contributed by atoms with Crippen molar-refractivity contribution in [2.24, 2.45) is 11.7 Å². The Labute approximate surface area is 126 Å². The van der Waals surface area contributed by atoms with Gasteiger partial charge in [0.2, 0.25) is 0 Å². The molecule has 1 unspecified atom stereocenters. The molecule has 1 fully saturated rings. The third-order valence-electron chi connectivity index (χ3n) is 4.77. The fourth-order valence-electron chi connectivity index (χ4n) is 3.57. The van der Waals surface area contributed by atoms with Crippen LogP contribution in [-0.2, 0) is 11.2 Å². The lowest BCUT2D eigenvalue weighted by molar-refractivity contribution is -0.115. The normalized spacial score (nSPS) is 22.3. The minimum atomic E-state index is 0.283. The molecule has 0 saturated carbocycles. The topological polar surface area (TPSA) is 46.3 Å². The molecule has 2 N–H and O–H groups in total. The van der Waals surface area contributed by atoms with E-state index in [1.165, 1.54) is 22.3 Å². The summed E-state index contributed by atoms with van der Waals surface area (Å²) in [5, 5.41) is 0. The molecule has 3 rings (SSSR count). The van der Waals surface area contributed by atoms with Gasteiger partial charge in [0, 0.05) is 25.1 Å². The monoisotopic (exact) mass is 284 g/mol. The van der Waals surface area contributed by atoms with Gasteiger partial charge in [0.15, 0.2) is 5.78 Å². The SMILES string of the molecule is Cc1cc(C)c2c(c1)C=C(CN1CCC(CN)C1)C(=O)C2. The Balaban J connectivity index is 1.82. The Kier molecular flexibility index (Phi) is 3.96. The highest BCUT2D eigenvalue weighted by Crippen LogP contribution is 2.27. The van der Waals surface area contributed by atoms with E-state index < -0.39 is 0 Å². The van der Waals surface area contributed by atoms with E-state index >= 15 is 0 Å². The second-order valence-corrected chi connectivity index (χ2v) is 6.54. The van der Waals surface area contributed by atoms with E-state index in [0.717, 1.165) is 38.2 Å². The molecular formula is C18H24N2O. The molecular weight excluding hydrogens is 260 g/mol. The summed E-state index contributed by atoms with van der Waals surface area (Å²) in [6.07, 6.45) is 3.82. The fourth-order valence-corrected chi connectivity index (χ4v) is 3.57. The zero-order valence-corrected chi connectivity index (χ0v) is 13.0. The molecule has 1 heterocycles. The van der Waals surface area contributed by atoms with Gasteiger partial charge in [-0.05, 0) is 62.0 Å². The second kappa shape index (κ2) is 5.74. The number of fused-ring (bicyclic) bond motifs is 1. The van der Waals surface area contributed by atoms with Crippen LogP contribution in [0.4, 0.5) is 0 Å². The summed E-state index contributed by atoms with van der Waals surface area (Å²) >= 11 is 0. The maximum atomic E-state index is 12.4. The molecule has 0 bridgehead atoms. The van der Waals surface area contributed by atoms with Crippen molar-refractivity contribution >= 4 is 11.9 Å². The number of aryl methyl sites for hydroxylation is 2. The van der Waals surface area contributed by atoms with Crippen molar-refractivity contribution in [3.05, 3.63) is 40.0 Å². The lowest BCUT2D eigenvalue weighted by atomic mass is 9.87. The number of benzene rings is 1. The van der Waals surface area contributed by atoms with Gasteiger partial charge in [-0.2, -0.15) is 0 Å². The van der Waals surface area contributed by atoms with Gasteiger partial charge < -0.3 is 5.73 Å². The summed E-state index contributed by atoms with van der Waals surface area (Å²) in [5.74, 6) is 0.881. The fraction of sp³-hybridized carbons (Fsp3) is 0.500. The molecule has 1 aromatic carbocycles. The number of nitrogens with zero attached hydrogens (tertiary/aromatic N) is 1. The number of likely N-dealkylation sites (tertiary alicyclic amines) is 1. The minimum absolute atomic E-state index is 0.283. The summed E-state index contributed by atoms with van der Waals surface area (Å²) in [4.78, 5) is 14.8. The van der Waals surface area contributed by atoms with E-state index in [2.05, 4.69) is 37.0 Å². The zero-order valence-electron chi connectivity index (χ0n) is 13.0. The van der Waals surface area contributed by atoms with Crippen LogP contribution in [-0.4, -0.2) is 36.9 Å². The average molecular weight is 284 g/mol. The quantitative estimate of drug-likeness (QED) is 0.924. The van der Waals surface area contributed by atoms with Gasteiger partial charge in [0.25, 0.3) is 0 Å². The van der Waals surface area contributed by atoms with Gasteiger partial charge in [-0.25, -0.2) is 0 Å². The van der Waals surface area contributed by atoms with Crippen LogP contribution in [0.25, 0.3) is 6.08 Å². The first-order valence-electron chi connectivity index (χ1n) is 7.83. The van der Waals surface area contributed by atoms with Crippen molar-refractivity contribution in [1.29, 1.82) is 0 Å². The van der Waals surface area contributed by atoms with Crippen LogP contribution in [0, 0.1) is 19.8 Å². The number of carbonyl (C=O) groups is 1. The maximum absolute atomic E-state index is 12.4. The minimum Gasteiger partial charge on any atom is -0.330 e. The van der Waals surface area contributed by atoms with E-state index in [1.807, 2.05) is 0 Å². The molecule has 3 nitrogen and oxygen atoms in total. The van der Waals surface area contributed by atoms with E-state index in [-0.39, 0.29) is 5.78 Å². The third-order valence-corrected chi connectivity index (χ3v) is 4.77. The Morgan fingerprint density at radius 3 is 2.86 bits per heavy atom. The first-order chi connectivity index (χ1) is 10.1. The zero-order chi connectivity index (χ0) is 15.0. The first kappa shape index (κ1) is 14.5. The van der Waals surface area contributed by atoms with E-state index in [0.29, 0.717) is 12.3 Å². The highest BCUT2D eigenvalue weighted by Gasteiger charge is 2.26. The predicted octanol–water partition coefficient (Wildman–Crippen LogP) is 2.09. The van der Waals surface area contributed by atoms with Crippen LogP contribution in [0.3, 0.4) is 0 Å². The van der Waals surface area contributed by atoms with Crippen molar-refractivity contribution in [2.45, 2.75) is 26.7 Å². The summed E-state index contributed by atoms with van der Waals surface area (Å²) in [6, 6.07) is 4.36. The van der Waals surface area contributed by atoms with Crippen LogP contribution in [0.1, 0.15) is 28.7 Å². The van der Waals surface area contributed by atoms with Crippen LogP contribution in [0.15, 0.2) is 17.7 Å². The van der Waals surface area contributed by atoms with Gasteiger partial charge in [-0.1, -0.05) is 17.7 Å². The molecule has 0 radical (unpaired) electrons. The molecule has 2 aliphatic rings. The summed E-state index contributed by atoms with van der Waals surface area (Å²) < 4.78 is 0. The molecule has 0 spiro atoms. The lowest BCUT2D eigenvalue weighted by Crippen LogP contribution is -2.29. The molecule has 21 heavy (non-hydrogen) atoms. The average Bonchev–Trinajstić information content (AvgIpc) is 2.88. The van der Waals surface area contributed by atoms with Gasteiger partial charge in [0.1, 0.15) is 0 Å². The Hall–Kier alpha value is -1.45. The van der Waals surface area contributed by atoms with Crippen LogP contribution >= 0.6 is 0 Å². The number of Topliss-reactive ketones (excluding diaryl/α,β-unsaturated/α-hetero) is 1. The molecule has 1 aliphatic carbocycles. The smallest absolute Gasteiger partial charge is 0.164 e. The number of carbonyl (C=O) groups excluding carboxylic acids is 1. The molecule has 0 amide bonds. The van der Waals surface area contributed by atoms with Crippen molar-refractivity contribution in [3.8, 4) is 0 Å². The largest absolute Gasteiger partial charge is 0.330 e. The molecule has 1 saturated heterocycles. The molecule has 1 aliphatic heterocycles. The van der Waals surface area contributed by atoms with Crippen molar-refractivity contribution in [3.63, 3.8) is 0 Å². The van der Waals surface area contributed by atoms with Crippen molar-refractivity contribution in [2.75, 3.05) is 26.2 Å². The van der Waals surface area contributed by atoms with E-state index in [1.54, 1.807) is 0 Å². The van der Waals surface area contributed by atoms with Crippen LogP contribution < -0.4 is 5.73 Å². The number of ketones is 1. The summed E-state index contributed by atoms with van der Waals surface area (Å²) in [6.45, 7) is 7.84. The highest BCUT2D eigenvalue weighted by molar-refractivity contribution is 6.04. The predicted molar refractivity (Wildman–Crippen MR) is 86.2 cm³/mol. The maximum Gasteiger partial charge on any atom is 0.164 e. The molecule has 1 atom stereocenters. The van der Waals surface area contributed by atoms with Gasteiger partial charge in [-0.3, -0.25) is 9.69 Å². The van der Waals surface area contributed by atoms with Crippen LogP contribution in [0.5, 0.6) is 0 Å². The van der Waals surface area contributed by atoms with Gasteiger partial charge >= 0.3 is 0 Å². The number of hydrogen-bond donors (Lipinski definition) is 1. The second-order valence-electron chi connectivity index (χ2n) is 6.54. The Morgan fingerprint density at radius 1 is 1.33 bits per heavy atom. The standard InChI is InChI=1S/C18H24N2O/c1-12-5-13(2)17-8-18(21)16(7-15(17)6-12)11-20-4-3-14(9-19)10-20/h5-7,14H,3-4,8-11,19H2,1-2H3. The molecule has 3 heteroatoms. The Bertz CT molecular complexity index is 603. The van der Waals surface area contributed by atoms with E-state index in [9.17, 15) is 4.79 Å². The van der Waals surface area contributed by atoms with Crippen molar-refractivity contribution < 1.29 is 4.79 Å². The lowest BCUT2D eigenvalue weighted by Gasteiger charge is -2.22. The summed E-state index contributed by atoms with van der Waals surface area (Å²) in [5.41, 5.74) is 11.6. The Morgan fingerprint density at radius 2 is 2.14 bits per heavy atom. The van der Waals surface area contributed by atoms with Gasteiger partial charge in [0.05, 0.1) is 0 Å². The van der Waals surface area contributed by atoms with Crippen molar-refractivity contribution in [1.82, 2.24) is 4.90 Å². The number of hydrogen-bond acceptors (Lipinski definition) is 3. The third kappa shape index (κ3) is 2.94. The van der Waals surface area contributed by atoms with Crippen LogP contribution in [0.2, 0.25) is 0 Å². The first-order valence-corrected chi connectivity index (χ1v) is 7.83. The molecule has 1 aromatic rings.